The summed E-state index contributed by atoms with van der Waals surface area (Å²) in [4.78, 5) is 12.0. The number of rotatable bonds is 7. The molecule has 0 radical (unpaired) electrons. The van der Waals surface area contributed by atoms with Crippen LogP contribution < -0.4 is 15.4 Å². The first-order valence-electron chi connectivity index (χ1n) is 7.57. The fourth-order valence-corrected chi connectivity index (χ4v) is 2.22. The Kier molecular flexibility index (Phi) is 6.50. The molecule has 1 fully saturated rings. The minimum atomic E-state index is -0.0219. The first kappa shape index (κ1) is 15.8. The molecule has 2 atom stereocenters. The fourth-order valence-electron chi connectivity index (χ4n) is 2.22. The van der Waals surface area contributed by atoms with E-state index in [4.69, 9.17) is 9.47 Å². The summed E-state index contributed by atoms with van der Waals surface area (Å²) >= 11 is 0. The molecule has 1 saturated heterocycles. The van der Waals surface area contributed by atoms with Gasteiger partial charge in [-0.3, -0.25) is 4.79 Å². The average molecular weight is 292 g/mol. The van der Waals surface area contributed by atoms with Gasteiger partial charge in [-0.15, -0.1) is 0 Å². The summed E-state index contributed by atoms with van der Waals surface area (Å²) in [6, 6.07) is 9.66. The van der Waals surface area contributed by atoms with Crippen molar-refractivity contribution < 1.29 is 14.3 Å². The van der Waals surface area contributed by atoms with E-state index < -0.39 is 0 Å². The van der Waals surface area contributed by atoms with Crippen LogP contribution in [0.4, 0.5) is 0 Å². The summed E-state index contributed by atoms with van der Waals surface area (Å²) in [5.74, 6) is 0.845. The molecule has 2 rings (SSSR count). The average Bonchev–Trinajstić information content (AvgIpc) is 2.53. The van der Waals surface area contributed by atoms with Gasteiger partial charge in [0.15, 0.2) is 0 Å². The molecule has 0 saturated carbocycles. The topological polar surface area (TPSA) is 59.6 Å². The van der Waals surface area contributed by atoms with Crippen molar-refractivity contribution >= 4 is 5.91 Å². The highest BCUT2D eigenvalue weighted by atomic mass is 16.5. The van der Waals surface area contributed by atoms with Crippen molar-refractivity contribution in [3.05, 3.63) is 30.3 Å². The Bertz CT molecular complexity index is 419. The van der Waals surface area contributed by atoms with Gasteiger partial charge < -0.3 is 20.1 Å². The number of benzene rings is 1. The smallest absolute Gasteiger partial charge is 0.222 e. The number of hydrogen-bond acceptors (Lipinski definition) is 4. The molecule has 1 aromatic carbocycles. The molecular weight excluding hydrogens is 268 g/mol. The molecule has 1 aliphatic heterocycles. The van der Waals surface area contributed by atoms with Crippen LogP contribution in [0.25, 0.3) is 0 Å². The van der Waals surface area contributed by atoms with E-state index in [1.807, 2.05) is 37.3 Å². The van der Waals surface area contributed by atoms with Crippen LogP contribution in [0.3, 0.4) is 0 Å². The third kappa shape index (κ3) is 5.73. The molecule has 21 heavy (non-hydrogen) atoms. The summed E-state index contributed by atoms with van der Waals surface area (Å²) in [6.07, 6.45) is 1.21. The molecule has 0 aliphatic carbocycles. The molecule has 0 unspecified atom stereocenters. The highest BCUT2D eigenvalue weighted by Crippen LogP contribution is 2.09. The molecule has 0 bridgehead atoms. The van der Waals surface area contributed by atoms with Gasteiger partial charge >= 0.3 is 0 Å². The minimum absolute atomic E-state index is 0.0206. The van der Waals surface area contributed by atoms with Crippen molar-refractivity contribution in [3.63, 3.8) is 0 Å². The Morgan fingerprint density at radius 1 is 1.48 bits per heavy atom. The summed E-state index contributed by atoms with van der Waals surface area (Å²) in [6.45, 7) is 4.80. The predicted molar refractivity (Wildman–Crippen MR) is 81.4 cm³/mol. The number of nitrogens with one attached hydrogen (secondary N) is 2. The normalized spacial score (nSPS) is 19.8. The number of para-hydroxylation sites is 1. The Morgan fingerprint density at radius 3 is 2.95 bits per heavy atom. The van der Waals surface area contributed by atoms with Gasteiger partial charge in [0.05, 0.1) is 25.2 Å². The monoisotopic (exact) mass is 292 g/mol. The quantitative estimate of drug-likeness (QED) is 0.796. The van der Waals surface area contributed by atoms with Gasteiger partial charge in [0.2, 0.25) is 5.91 Å². The summed E-state index contributed by atoms with van der Waals surface area (Å²) in [5, 5.41) is 6.24. The van der Waals surface area contributed by atoms with Crippen molar-refractivity contribution in [3.8, 4) is 5.75 Å². The number of ether oxygens (including phenoxy) is 2. The third-order valence-corrected chi connectivity index (χ3v) is 3.47. The molecule has 1 amide bonds. The Labute approximate surface area is 126 Å². The minimum Gasteiger partial charge on any atom is -0.491 e. The van der Waals surface area contributed by atoms with Crippen LogP contribution in [-0.4, -0.2) is 44.4 Å². The third-order valence-electron chi connectivity index (χ3n) is 3.47. The van der Waals surface area contributed by atoms with Gasteiger partial charge in [0.25, 0.3) is 0 Å². The predicted octanol–water partition coefficient (Wildman–Crippen LogP) is 1.34. The zero-order chi connectivity index (χ0) is 14.9. The standard InChI is InChI=1S/C16H24N2O3/c1-2-13(12-21-14-6-4-3-5-7-14)18-16(19)10-15-11-17-8-9-20-15/h3-7,13,15,17H,2,8-12H2,1H3,(H,18,19)/t13-,15-/m0/s1. The summed E-state index contributed by atoms with van der Waals surface area (Å²) < 4.78 is 11.2. The van der Waals surface area contributed by atoms with Crippen LogP contribution >= 0.6 is 0 Å². The lowest BCUT2D eigenvalue weighted by atomic mass is 10.2. The van der Waals surface area contributed by atoms with Gasteiger partial charge in [0.1, 0.15) is 12.4 Å². The van der Waals surface area contributed by atoms with Crippen molar-refractivity contribution in [2.24, 2.45) is 0 Å². The highest BCUT2D eigenvalue weighted by molar-refractivity contribution is 5.76. The zero-order valence-corrected chi connectivity index (χ0v) is 12.5. The second-order valence-electron chi connectivity index (χ2n) is 5.20. The highest BCUT2D eigenvalue weighted by Gasteiger charge is 2.19. The van der Waals surface area contributed by atoms with Gasteiger partial charge in [-0.2, -0.15) is 0 Å². The lowest BCUT2D eigenvalue weighted by molar-refractivity contribution is -0.125. The second-order valence-corrected chi connectivity index (χ2v) is 5.20. The first-order chi connectivity index (χ1) is 10.3. The zero-order valence-electron chi connectivity index (χ0n) is 12.5. The lowest BCUT2D eigenvalue weighted by Gasteiger charge is -2.24. The van der Waals surface area contributed by atoms with E-state index in [0.29, 0.717) is 19.6 Å². The maximum Gasteiger partial charge on any atom is 0.222 e. The van der Waals surface area contributed by atoms with Crippen molar-refractivity contribution in [2.75, 3.05) is 26.3 Å². The molecular formula is C16H24N2O3. The van der Waals surface area contributed by atoms with Crippen molar-refractivity contribution in [1.29, 1.82) is 0 Å². The molecule has 1 aliphatic rings. The molecule has 5 nitrogen and oxygen atoms in total. The molecule has 5 heteroatoms. The number of carbonyl (C=O) groups excluding carboxylic acids is 1. The Morgan fingerprint density at radius 2 is 2.29 bits per heavy atom. The molecule has 116 valence electrons. The van der Waals surface area contributed by atoms with Gasteiger partial charge in [-0.25, -0.2) is 0 Å². The van der Waals surface area contributed by atoms with Crippen LogP contribution in [0.2, 0.25) is 0 Å². The van der Waals surface area contributed by atoms with Crippen LogP contribution in [0, 0.1) is 0 Å². The molecule has 1 heterocycles. The lowest BCUT2D eigenvalue weighted by Crippen LogP contribution is -2.44. The number of carbonyl (C=O) groups is 1. The first-order valence-corrected chi connectivity index (χ1v) is 7.57. The maximum atomic E-state index is 12.0. The maximum absolute atomic E-state index is 12.0. The fraction of sp³-hybridized carbons (Fsp3) is 0.562. The van der Waals surface area contributed by atoms with E-state index >= 15 is 0 Å². The van der Waals surface area contributed by atoms with E-state index in [0.717, 1.165) is 25.3 Å². The molecule has 2 N–H and O–H groups in total. The van der Waals surface area contributed by atoms with E-state index in [1.54, 1.807) is 0 Å². The van der Waals surface area contributed by atoms with Gasteiger partial charge in [0, 0.05) is 13.1 Å². The van der Waals surface area contributed by atoms with E-state index in [2.05, 4.69) is 10.6 Å². The number of hydrogen-bond donors (Lipinski definition) is 2. The van der Waals surface area contributed by atoms with E-state index in [9.17, 15) is 4.79 Å². The van der Waals surface area contributed by atoms with Crippen LogP contribution in [-0.2, 0) is 9.53 Å². The molecule has 0 spiro atoms. The Hall–Kier alpha value is -1.59. The van der Waals surface area contributed by atoms with Gasteiger partial charge in [-0.05, 0) is 18.6 Å². The van der Waals surface area contributed by atoms with Crippen LogP contribution in [0.5, 0.6) is 5.75 Å². The second kappa shape index (κ2) is 8.64. The summed E-state index contributed by atoms with van der Waals surface area (Å²) in [7, 11) is 0. The Balaban J connectivity index is 1.72. The van der Waals surface area contributed by atoms with Gasteiger partial charge in [-0.1, -0.05) is 25.1 Å². The SMILES string of the molecule is CC[C@@H](COc1ccccc1)NC(=O)C[C@H]1CNCCO1. The van der Waals surface area contributed by atoms with E-state index in [-0.39, 0.29) is 18.1 Å². The van der Waals surface area contributed by atoms with E-state index in [1.165, 1.54) is 0 Å². The molecule has 0 aromatic heterocycles. The van der Waals surface area contributed by atoms with Crippen molar-refractivity contribution in [2.45, 2.75) is 31.9 Å². The number of morpholine rings is 1. The van der Waals surface area contributed by atoms with Crippen molar-refractivity contribution in [1.82, 2.24) is 10.6 Å². The molecule has 1 aromatic rings. The number of amides is 1. The summed E-state index contributed by atoms with van der Waals surface area (Å²) in [5.41, 5.74) is 0. The van der Waals surface area contributed by atoms with Crippen LogP contribution in [0.15, 0.2) is 30.3 Å². The van der Waals surface area contributed by atoms with Crippen LogP contribution in [0.1, 0.15) is 19.8 Å². The largest absolute Gasteiger partial charge is 0.491 e.